The van der Waals surface area contributed by atoms with E-state index in [4.69, 9.17) is 4.52 Å². The van der Waals surface area contributed by atoms with Gasteiger partial charge in [0.05, 0.1) is 5.69 Å². The SMILES string of the molecule is CCc1onc(C)c1/C=C/c1nccc(=O)[nH]1. The standard InChI is InChI=1S/C12H13N3O2/c1-3-10-9(8(2)15-17-10)4-5-11-13-7-6-12(16)14-11/h4-7H,3H2,1-2H3,(H,13,14,16)/b5-4+. The topological polar surface area (TPSA) is 71.8 Å². The monoisotopic (exact) mass is 231 g/mol. The number of nitrogens with zero attached hydrogens (tertiary/aromatic N) is 2. The van der Waals surface area contributed by atoms with Crippen molar-refractivity contribution in [3.8, 4) is 0 Å². The van der Waals surface area contributed by atoms with Crippen LogP contribution in [0.25, 0.3) is 12.2 Å². The minimum atomic E-state index is -0.169. The van der Waals surface area contributed by atoms with Crippen LogP contribution >= 0.6 is 0 Å². The van der Waals surface area contributed by atoms with Gasteiger partial charge in [0, 0.05) is 24.2 Å². The number of aromatic nitrogens is 3. The Morgan fingerprint density at radius 2 is 2.29 bits per heavy atom. The molecule has 0 spiro atoms. The summed E-state index contributed by atoms with van der Waals surface area (Å²) in [4.78, 5) is 17.7. The number of aryl methyl sites for hydroxylation is 2. The fourth-order valence-electron chi connectivity index (χ4n) is 1.52. The Morgan fingerprint density at radius 3 is 3.00 bits per heavy atom. The molecule has 0 bridgehead atoms. The average molecular weight is 231 g/mol. The molecule has 0 saturated carbocycles. The van der Waals surface area contributed by atoms with Crippen LogP contribution in [0, 0.1) is 6.92 Å². The average Bonchev–Trinajstić information content (AvgIpc) is 2.67. The zero-order chi connectivity index (χ0) is 12.3. The van der Waals surface area contributed by atoms with Crippen LogP contribution in [0.15, 0.2) is 21.6 Å². The second-order valence-corrected chi connectivity index (χ2v) is 3.61. The lowest BCUT2D eigenvalue weighted by Crippen LogP contribution is -2.05. The van der Waals surface area contributed by atoms with Crippen LogP contribution in [0.4, 0.5) is 0 Å². The van der Waals surface area contributed by atoms with Crippen LogP contribution in [0.1, 0.15) is 29.8 Å². The third-order valence-corrected chi connectivity index (χ3v) is 2.40. The summed E-state index contributed by atoms with van der Waals surface area (Å²) in [6.45, 7) is 3.88. The van der Waals surface area contributed by atoms with E-state index in [1.807, 2.05) is 19.9 Å². The van der Waals surface area contributed by atoms with Gasteiger partial charge in [-0.15, -0.1) is 0 Å². The molecule has 0 aliphatic rings. The van der Waals surface area contributed by atoms with Gasteiger partial charge in [-0.25, -0.2) is 4.98 Å². The number of aromatic amines is 1. The van der Waals surface area contributed by atoms with Crippen molar-refractivity contribution in [3.05, 3.63) is 45.5 Å². The molecule has 0 unspecified atom stereocenters. The summed E-state index contributed by atoms with van der Waals surface area (Å²) in [6.07, 6.45) is 5.84. The molecule has 2 aromatic heterocycles. The molecular weight excluding hydrogens is 218 g/mol. The largest absolute Gasteiger partial charge is 0.361 e. The van der Waals surface area contributed by atoms with E-state index < -0.39 is 0 Å². The van der Waals surface area contributed by atoms with Crippen LogP contribution in [-0.4, -0.2) is 15.1 Å². The summed E-state index contributed by atoms with van der Waals surface area (Å²) in [7, 11) is 0. The molecule has 0 aromatic carbocycles. The molecule has 0 aliphatic heterocycles. The first-order valence-electron chi connectivity index (χ1n) is 5.39. The van der Waals surface area contributed by atoms with Gasteiger partial charge in [-0.2, -0.15) is 0 Å². The van der Waals surface area contributed by atoms with Gasteiger partial charge < -0.3 is 9.51 Å². The first-order valence-corrected chi connectivity index (χ1v) is 5.39. The molecule has 2 aromatic rings. The molecule has 0 aliphatic carbocycles. The molecule has 5 heteroatoms. The van der Waals surface area contributed by atoms with Crippen LogP contribution in [0.5, 0.6) is 0 Å². The van der Waals surface area contributed by atoms with E-state index in [1.165, 1.54) is 12.3 Å². The number of rotatable bonds is 3. The maximum absolute atomic E-state index is 11.1. The van der Waals surface area contributed by atoms with Gasteiger partial charge in [0.15, 0.2) is 0 Å². The maximum atomic E-state index is 11.1. The Labute approximate surface area is 98.2 Å². The van der Waals surface area contributed by atoms with Gasteiger partial charge in [0.1, 0.15) is 11.6 Å². The molecular formula is C12H13N3O2. The fourth-order valence-corrected chi connectivity index (χ4v) is 1.52. The van der Waals surface area contributed by atoms with Crippen LogP contribution in [-0.2, 0) is 6.42 Å². The quantitative estimate of drug-likeness (QED) is 0.874. The molecule has 5 nitrogen and oxygen atoms in total. The van der Waals surface area contributed by atoms with Crippen molar-refractivity contribution in [2.75, 3.05) is 0 Å². The van der Waals surface area contributed by atoms with E-state index in [9.17, 15) is 4.79 Å². The smallest absolute Gasteiger partial charge is 0.251 e. The molecule has 0 saturated heterocycles. The highest BCUT2D eigenvalue weighted by atomic mass is 16.5. The zero-order valence-electron chi connectivity index (χ0n) is 9.73. The molecule has 2 heterocycles. The highest BCUT2D eigenvalue weighted by Crippen LogP contribution is 2.16. The molecule has 88 valence electrons. The molecule has 0 atom stereocenters. The second kappa shape index (κ2) is 4.78. The Bertz CT molecular complexity index is 596. The number of H-pyrrole nitrogens is 1. The fraction of sp³-hybridized carbons (Fsp3) is 0.250. The molecule has 0 radical (unpaired) electrons. The minimum Gasteiger partial charge on any atom is -0.361 e. The zero-order valence-corrected chi connectivity index (χ0v) is 9.73. The third kappa shape index (κ3) is 2.50. The summed E-state index contributed by atoms with van der Waals surface area (Å²) < 4.78 is 5.16. The van der Waals surface area contributed by atoms with Crippen LogP contribution < -0.4 is 5.56 Å². The summed E-state index contributed by atoms with van der Waals surface area (Å²) in [6, 6.07) is 1.37. The Morgan fingerprint density at radius 1 is 1.47 bits per heavy atom. The van der Waals surface area contributed by atoms with Crippen LogP contribution in [0.2, 0.25) is 0 Å². The van der Waals surface area contributed by atoms with E-state index in [2.05, 4.69) is 15.1 Å². The molecule has 17 heavy (non-hydrogen) atoms. The van der Waals surface area contributed by atoms with Crippen molar-refractivity contribution in [1.29, 1.82) is 0 Å². The first-order chi connectivity index (χ1) is 8.20. The predicted octanol–water partition coefficient (Wildman–Crippen LogP) is 1.80. The summed E-state index contributed by atoms with van der Waals surface area (Å²) in [5, 5.41) is 3.90. The number of hydrogen-bond donors (Lipinski definition) is 1. The third-order valence-electron chi connectivity index (χ3n) is 2.40. The lowest BCUT2D eigenvalue weighted by molar-refractivity contribution is 0.383. The van der Waals surface area contributed by atoms with Crippen molar-refractivity contribution >= 4 is 12.2 Å². The van der Waals surface area contributed by atoms with Crippen molar-refractivity contribution in [2.45, 2.75) is 20.3 Å². The van der Waals surface area contributed by atoms with Gasteiger partial charge >= 0.3 is 0 Å². The first kappa shape index (κ1) is 11.3. The highest BCUT2D eigenvalue weighted by Gasteiger charge is 2.07. The predicted molar refractivity (Wildman–Crippen MR) is 64.4 cm³/mol. The Balaban J connectivity index is 2.31. The Kier molecular flexibility index (Phi) is 3.18. The van der Waals surface area contributed by atoms with E-state index >= 15 is 0 Å². The lowest BCUT2D eigenvalue weighted by Gasteiger charge is -1.93. The molecule has 0 amide bonds. The van der Waals surface area contributed by atoms with E-state index in [1.54, 1.807) is 6.08 Å². The van der Waals surface area contributed by atoms with Gasteiger partial charge in [-0.05, 0) is 19.1 Å². The maximum Gasteiger partial charge on any atom is 0.251 e. The van der Waals surface area contributed by atoms with E-state index in [0.29, 0.717) is 5.82 Å². The lowest BCUT2D eigenvalue weighted by atomic mass is 10.1. The van der Waals surface area contributed by atoms with Gasteiger partial charge in [0.25, 0.3) is 5.56 Å². The van der Waals surface area contributed by atoms with Gasteiger partial charge in [0.2, 0.25) is 0 Å². The molecule has 1 N–H and O–H groups in total. The summed E-state index contributed by atoms with van der Waals surface area (Å²) >= 11 is 0. The van der Waals surface area contributed by atoms with E-state index in [0.717, 1.165) is 23.4 Å². The van der Waals surface area contributed by atoms with Crippen molar-refractivity contribution < 1.29 is 4.52 Å². The normalized spacial score (nSPS) is 11.2. The number of hydrogen-bond acceptors (Lipinski definition) is 4. The summed E-state index contributed by atoms with van der Waals surface area (Å²) in [5.41, 5.74) is 1.60. The minimum absolute atomic E-state index is 0.169. The molecule has 2 rings (SSSR count). The summed E-state index contributed by atoms with van der Waals surface area (Å²) in [5.74, 6) is 1.34. The highest BCUT2D eigenvalue weighted by molar-refractivity contribution is 5.68. The molecule has 0 fully saturated rings. The van der Waals surface area contributed by atoms with Gasteiger partial charge in [-0.3, -0.25) is 4.79 Å². The number of nitrogens with one attached hydrogen (secondary N) is 1. The van der Waals surface area contributed by atoms with Crippen LogP contribution in [0.3, 0.4) is 0 Å². The van der Waals surface area contributed by atoms with Crippen molar-refractivity contribution in [3.63, 3.8) is 0 Å². The van der Waals surface area contributed by atoms with Crippen molar-refractivity contribution in [2.24, 2.45) is 0 Å². The van der Waals surface area contributed by atoms with Gasteiger partial charge in [-0.1, -0.05) is 12.1 Å². The van der Waals surface area contributed by atoms with Crippen molar-refractivity contribution in [1.82, 2.24) is 15.1 Å². The van der Waals surface area contributed by atoms with E-state index in [-0.39, 0.29) is 5.56 Å². The second-order valence-electron chi connectivity index (χ2n) is 3.61. The Hall–Kier alpha value is -2.17.